The SMILES string of the molecule is CC1CNCCN1C(=O)CCCOc1cccc(F)c1. The number of piperazine rings is 1. The van der Waals surface area contributed by atoms with Crippen LogP contribution < -0.4 is 10.1 Å². The number of carbonyl (C=O) groups excluding carboxylic acids is 1. The average molecular weight is 280 g/mol. The van der Waals surface area contributed by atoms with E-state index >= 15 is 0 Å². The Morgan fingerprint density at radius 3 is 3.15 bits per heavy atom. The van der Waals surface area contributed by atoms with Crippen molar-refractivity contribution in [3.8, 4) is 5.75 Å². The molecule has 1 aliphatic heterocycles. The third-order valence-electron chi connectivity index (χ3n) is 3.42. The molecule has 1 saturated heterocycles. The topological polar surface area (TPSA) is 41.6 Å². The molecule has 1 unspecified atom stereocenters. The Labute approximate surface area is 118 Å². The van der Waals surface area contributed by atoms with E-state index in [-0.39, 0.29) is 17.8 Å². The van der Waals surface area contributed by atoms with Gasteiger partial charge >= 0.3 is 0 Å². The van der Waals surface area contributed by atoms with Gasteiger partial charge in [0.1, 0.15) is 11.6 Å². The molecule has 1 atom stereocenters. The lowest BCUT2D eigenvalue weighted by Gasteiger charge is -2.34. The number of hydrogen-bond donors (Lipinski definition) is 1. The fourth-order valence-corrected chi connectivity index (χ4v) is 2.33. The van der Waals surface area contributed by atoms with Gasteiger partial charge < -0.3 is 15.0 Å². The highest BCUT2D eigenvalue weighted by atomic mass is 19.1. The van der Waals surface area contributed by atoms with Crippen LogP contribution in [0, 0.1) is 5.82 Å². The van der Waals surface area contributed by atoms with E-state index in [1.807, 2.05) is 11.8 Å². The summed E-state index contributed by atoms with van der Waals surface area (Å²) in [7, 11) is 0. The molecule has 1 aromatic carbocycles. The number of rotatable bonds is 5. The van der Waals surface area contributed by atoms with Crippen molar-refractivity contribution in [3.63, 3.8) is 0 Å². The summed E-state index contributed by atoms with van der Waals surface area (Å²) in [6.45, 7) is 4.95. The molecule has 5 heteroatoms. The lowest BCUT2D eigenvalue weighted by Crippen LogP contribution is -2.52. The van der Waals surface area contributed by atoms with Crippen LogP contribution in [0.1, 0.15) is 19.8 Å². The summed E-state index contributed by atoms with van der Waals surface area (Å²) >= 11 is 0. The van der Waals surface area contributed by atoms with Crippen molar-refractivity contribution in [3.05, 3.63) is 30.1 Å². The van der Waals surface area contributed by atoms with Gasteiger partial charge in [-0.25, -0.2) is 4.39 Å². The number of halogens is 1. The number of benzene rings is 1. The molecule has 1 heterocycles. The molecule has 110 valence electrons. The maximum Gasteiger partial charge on any atom is 0.223 e. The number of nitrogens with zero attached hydrogens (tertiary/aromatic N) is 1. The zero-order chi connectivity index (χ0) is 14.4. The van der Waals surface area contributed by atoms with Crippen molar-refractivity contribution in [1.82, 2.24) is 10.2 Å². The Morgan fingerprint density at radius 2 is 2.40 bits per heavy atom. The van der Waals surface area contributed by atoms with Crippen molar-refractivity contribution in [2.75, 3.05) is 26.2 Å². The van der Waals surface area contributed by atoms with E-state index in [2.05, 4.69) is 5.32 Å². The quantitative estimate of drug-likeness (QED) is 0.836. The zero-order valence-electron chi connectivity index (χ0n) is 11.8. The lowest BCUT2D eigenvalue weighted by molar-refractivity contribution is -0.134. The Hall–Kier alpha value is -1.62. The van der Waals surface area contributed by atoms with Gasteiger partial charge in [-0.15, -0.1) is 0 Å². The van der Waals surface area contributed by atoms with Crippen LogP contribution in [0.5, 0.6) is 5.75 Å². The van der Waals surface area contributed by atoms with Crippen molar-refractivity contribution in [2.24, 2.45) is 0 Å². The van der Waals surface area contributed by atoms with Crippen LogP contribution in [0.4, 0.5) is 4.39 Å². The molecular formula is C15H21FN2O2. The standard InChI is InChI=1S/C15H21FN2O2/c1-12-11-17-7-8-18(12)15(19)6-3-9-20-14-5-2-4-13(16)10-14/h2,4-5,10,12,17H,3,6-9,11H2,1H3. The maximum absolute atomic E-state index is 12.9. The molecule has 1 aliphatic rings. The number of ether oxygens (including phenoxy) is 1. The monoisotopic (exact) mass is 280 g/mol. The Kier molecular flexibility index (Phi) is 5.35. The van der Waals surface area contributed by atoms with Crippen molar-refractivity contribution < 1.29 is 13.9 Å². The second-order valence-electron chi connectivity index (χ2n) is 5.05. The van der Waals surface area contributed by atoms with Crippen molar-refractivity contribution >= 4 is 5.91 Å². The Bertz CT molecular complexity index is 453. The third kappa shape index (κ3) is 4.20. The smallest absolute Gasteiger partial charge is 0.223 e. The fourth-order valence-electron chi connectivity index (χ4n) is 2.33. The zero-order valence-corrected chi connectivity index (χ0v) is 11.8. The molecule has 2 rings (SSSR count). The number of hydrogen-bond acceptors (Lipinski definition) is 3. The minimum Gasteiger partial charge on any atom is -0.493 e. The largest absolute Gasteiger partial charge is 0.493 e. The van der Waals surface area contributed by atoms with E-state index in [4.69, 9.17) is 4.74 Å². The molecule has 1 aromatic rings. The van der Waals surface area contributed by atoms with Gasteiger partial charge in [-0.1, -0.05) is 6.07 Å². The summed E-state index contributed by atoms with van der Waals surface area (Å²) < 4.78 is 18.4. The molecule has 0 bridgehead atoms. The van der Waals surface area contributed by atoms with Crippen LogP contribution >= 0.6 is 0 Å². The van der Waals surface area contributed by atoms with Crippen LogP contribution in [0.2, 0.25) is 0 Å². The minimum atomic E-state index is -0.312. The van der Waals surface area contributed by atoms with Gasteiger partial charge in [0.2, 0.25) is 5.91 Å². The van der Waals surface area contributed by atoms with Gasteiger partial charge in [-0.3, -0.25) is 4.79 Å². The molecule has 0 saturated carbocycles. The van der Waals surface area contributed by atoms with Crippen LogP contribution in [-0.4, -0.2) is 43.1 Å². The van der Waals surface area contributed by atoms with E-state index in [0.29, 0.717) is 25.2 Å². The van der Waals surface area contributed by atoms with Gasteiger partial charge in [-0.05, 0) is 25.5 Å². The van der Waals surface area contributed by atoms with Crippen LogP contribution in [-0.2, 0) is 4.79 Å². The Morgan fingerprint density at radius 1 is 1.55 bits per heavy atom. The normalized spacial score (nSPS) is 18.9. The van der Waals surface area contributed by atoms with E-state index in [9.17, 15) is 9.18 Å². The van der Waals surface area contributed by atoms with Crippen LogP contribution in [0.25, 0.3) is 0 Å². The predicted molar refractivity (Wildman–Crippen MR) is 75.2 cm³/mol. The molecule has 0 aliphatic carbocycles. The maximum atomic E-state index is 12.9. The highest BCUT2D eigenvalue weighted by Gasteiger charge is 2.22. The molecule has 1 amide bonds. The van der Waals surface area contributed by atoms with Gasteiger partial charge in [0.05, 0.1) is 6.61 Å². The summed E-state index contributed by atoms with van der Waals surface area (Å²) in [4.78, 5) is 14.0. The van der Waals surface area contributed by atoms with E-state index in [1.54, 1.807) is 12.1 Å². The predicted octanol–water partition coefficient (Wildman–Crippen LogP) is 1.80. The van der Waals surface area contributed by atoms with E-state index < -0.39 is 0 Å². The summed E-state index contributed by atoms with van der Waals surface area (Å²) in [6, 6.07) is 6.30. The van der Waals surface area contributed by atoms with Crippen LogP contribution in [0.15, 0.2) is 24.3 Å². The van der Waals surface area contributed by atoms with Gasteiger partial charge in [0, 0.05) is 38.2 Å². The number of nitrogens with one attached hydrogen (secondary N) is 1. The first kappa shape index (κ1) is 14.8. The Balaban J connectivity index is 1.69. The van der Waals surface area contributed by atoms with E-state index in [1.165, 1.54) is 12.1 Å². The number of carbonyl (C=O) groups is 1. The van der Waals surface area contributed by atoms with Crippen LogP contribution in [0.3, 0.4) is 0 Å². The first-order valence-electron chi connectivity index (χ1n) is 7.05. The molecule has 0 aromatic heterocycles. The molecule has 20 heavy (non-hydrogen) atoms. The highest BCUT2D eigenvalue weighted by molar-refractivity contribution is 5.76. The summed E-state index contributed by atoms with van der Waals surface area (Å²) in [5.41, 5.74) is 0. The minimum absolute atomic E-state index is 0.168. The van der Waals surface area contributed by atoms with Gasteiger partial charge in [0.25, 0.3) is 0 Å². The summed E-state index contributed by atoms with van der Waals surface area (Å²) in [6.07, 6.45) is 1.12. The second-order valence-corrected chi connectivity index (χ2v) is 5.05. The van der Waals surface area contributed by atoms with Gasteiger partial charge in [0.15, 0.2) is 0 Å². The van der Waals surface area contributed by atoms with Crippen molar-refractivity contribution in [2.45, 2.75) is 25.8 Å². The first-order valence-corrected chi connectivity index (χ1v) is 7.05. The highest BCUT2D eigenvalue weighted by Crippen LogP contribution is 2.13. The lowest BCUT2D eigenvalue weighted by atomic mass is 10.2. The molecular weight excluding hydrogens is 259 g/mol. The fraction of sp³-hybridized carbons (Fsp3) is 0.533. The first-order chi connectivity index (χ1) is 9.66. The molecule has 0 radical (unpaired) electrons. The molecule has 1 N–H and O–H groups in total. The van der Waals surface area contributed by atoms with E-state index in [0.717, 1.165) is 19.6 Å². The summed E-state index contributed by atoms with van der Waals surface area (Å²) in [5.74, 6) is 0.364. The summed E-state index contributed by atoms with van der Waals surface area (Å²) in [5, 5.41) is 3.26. The van der Waals surface area contributed by atoms with Gasteiger partial charge in [-0.2, -0.15) is 0 Å². The molecule has 0 spiro atoms. The van der Waals surface area contributed by atoms with Crippen molar-refractivity contribution in [1.29, 1.82) is 0 Å². The molecule has 4 nitrogen and oxygen atoms in total. The average Bonchev–Trinajstić information content (AvgIpc) is 2.44. The second kappa shape index (κ2) is 7.24. The molecule has 1 fully saturated rings. The number of amides is 1. The third-order valence-corrected chi connectivity index (χ3v) is 3.42.